The molecule has 0 radical (unpaired) electrons. The van der Waals surface area contributed by atoms with E-state index in [1.807, 2.05) is 6.92 Å². The number of carbonyl (C=O) groups excluding carboxylic acids is 2. The molecule has 0 bridgehead atoms. The minimum atomic E-state index is -0.916. The van der Waals surface area contributed by atoms with Gasteiger partial charge in [-0.05, 0) is 26.2 Å². The number of hydrogen-bond donors (Lipinski definition) is 1. The molecule has 1 amide bonds. The van der Waals surface area contributed by atoms with Crippen LogP contribution in [0.15, 0.2) is 0 Å². The first-order chi connectivity index (χ1) is 10.0. The monoisotopic (exact) mass is 299 g/mol. The SMILES string of the molecule is CCCN(CC(=O)OCC)C(=O)C1CCCCC1C(=O)O. The summed E-state index contributed by atoms with van der Waals surface area (Å²) in [6, 6.07) is 0. The molecular formula is C15H25NO5. The van der Waals surface area contributed by atoms with Crippen molar-refractivity contribution in [3.8, 4) is 0 Å². The zero-order valence-corrected chi connectivity index (χ0v) is 12.8. The van der Waals surface area contributed by atoms with E-state index in [1.165, 1.54) is 4.90 Å². The molecular weight excluding hydrogens is 274 g/mol. The molecule has 0 aromatic carbocycles. The highest BCUT2D eigenvalue weighted by Crippen LogP contribution is 2.31. The summed E-state index contributed by atoms with van der Waals surface area (Å²) < 4.78 is 4.88. The Bertz CT molecular complexity index is 382. The summed E-state index contributed by atoms with van der Waals surface area (Å²) in [5.41, 5.74) is 0. The summed E-state index contributed by atoms with van der Waals surface area (Å²) in [5.74, 6) is -2.73. The Hall–Kier alpha value is -1.59. The first kappa shape index (κ1) is 17.5. The molecule has 0 saturated heterocycles. The number of aliphatic carboxylic acids is 1. The predicted octanol–water partition coefficient (Wildman–Crippen LogP) is 1.68. The number of carboxylic acid groups (broad SMARTS) is 1. The number of hydrogen-bond acceptors (Lipinski definition) is 4. The van der Waals surface area contributed by atoms with Gasteiger partial charge in [0, 0.05) is 6.54 Å². The number of rotatable bonds is 7. The van der Waals surface area contributed by atoms with Crippen molar-refractivity contribution in [3.05, 3.63) is 0 Å². The molecule has 1 saturated carbocycles. The van der Waals surface area contributed by atoms with Crippen LogP contribution in [0.1, 0.15) is 46.0 Å². The maximum atomic E-state index is 12.6. The highest BCUT2D eigenvalue weighted by Gasteiger charge is 2.38. The lowest BCUT2D eigenvalue weighted by Gasteiger charge is -2.32. The van der Waals surface area contributed by atoms with E-state index in [0.717, 1.165) is 19.3 Å². The summed E-state index contributed by atoms with van der Waals surface area (Å²) >= 11 is 0. The Morgan fingerprint density at radius 2 is 1.76 bits per heavy atom. The fourth-order valence-corrected chi connectivity index (χ4v) is 2.86. The van der Waals surface area contributed by atoms with Crippen LogP contribution in [0, 0.1) is 11.8 Å². The number of amides is 1. The van der Waals surface area contributed by atoms with Crippen LogP contribution in [-0.2, 0) is 19.1 Å². The van der Waals surface area contributed by atoms with Gasteiger partial charge in [-0.15, -0.1) is 0 Å². The molecule has 1 N–H and O–H groups in total. The van der Waals surface area contributed by atoms with Crippen molar-refractivity contribution in [1.82, 2.24) is 4.90 Å². The average molecular weight is 299 g/mol. The first-order valence-corrected chi connectivity index (χ1v) is 7.68. The van der Waals surface area contributed by atoms with Gasteiger partial charge < -0.3 is 14.7 Å². The van der Waals surface area contributed by atoms with Crippen LogP contribution in [0.3, 0.4) is 0 Å². The Morgan fingerprint density at radius 3 is 2.29 bits per heavy atom. The Labute approximate surface area is 125 Å². The van der Waals surface area contributed by atoms with E-state index < -0.39 is 23.8 Å². The van der Waals surface area contributed by atoms with Crippen molar-refractivity contribution >= 4 is 17.8 Å². The number of esters is 1. The molecule has 1 aliphatic rings. The molecule has 0 aliphatic heterocycles. The molecule has 0 heterocycles. The van der Waals surface area contributed by atoms with Gasteiger partial charge in [-0.3, -0.25) is 14.4 Å². The van der Waals surface area contributed by atoms with E-state index in [0.29, 0.717) is 19.4 Å². The van der Waals surface area contributed by atoms with Gasteiger partial charge in [-0.1, -0.05) is 19.8 Å². The molecule has 2 atom stereocenters. The summed E-state index contributed by atoms with van der Waals surface area (Å²) in [5, 5.41) is 9.27. The molecule has 6 nitrogen and oxygen atoms in total. The number of carbonyl (C=O) groups is 3. The molecule has 2 unspecified atom stereocenters. The standard InChI is InChI=1S/C15H25NO5/c1-3-9-16(10-13(17)21-4-2)14(18)11-7-5-6-8-12(11)15(19)20/h11-12H,3-10H2,1-2H3,(H,19,20). The average Bonchev–Trinajstić information content (AvgIpc) is 2.46. The number of carboxylic acids is 1. The minimum Gasteiger partial charge on any atom is -0.481 e. The third-order valence-electron chi connectivity index (χ3n) is 3.83. The van der Waals surface area contributed by atoms with Crippen molar-refractivity contribution in [2.45, 2.75) is 46.0 Å². The van der Waals surface area contributed by atoms with Gasteiger partial charge in [0.05, 0.1) is 18.4 Å². The van der Waals surface area contributed by atoms with E-state index >= 15 is 0 Å². The van der Waals surface area contributed by atoms with Crippen LogP contribution in [0.25, 0.3) is 0 Å². The van der Waals surface area contributed by atoms with E-state index in [9.17, 15) is 19.5 Å². The molecule has 1 rings (SSSR count). The van der Waals surface area contributed by atoms with Gasteiger partial charge in [0.15, 0.2) is 0 Å². The second-order valence-electron chi connectivity index (χ2n) is 5.40. The smallest absolute Gasteiger partial charge is 0.325 e. The topological polar surface area (TPSA) is 83.9 Å². The van der Waals surface area contributed by atoms with Gasteiger partial charge in [0.25, 0.3) is 0 Å². The summed E-state index contributed by atoms with van der Waals surface area (Å²) in [6.07, 6.45) is 3.53. The van der Waals surface area contributed by atoms with Crippen molar-refractivity contribution in [1.29, 1.82) is 0 Å². The van der Waals surface area contributed by atoms with Crippen LogP contribution < -0.4 is 0 Å². The van der Waals surface area contributed by atoms with E-state index in [4.69, 9.17) is 4.74 Å². The lowest BCUT2D eigenvalue weighted by Crippen LogP contribution is -2.45. The van der Waals surface area contributed by atoms with Gasteiger partial charge in [0.2, 0.25) is 5.91 Å². The molecule has 120 valence electrons. The van der Waals surface area contributed by atoms with Crippen molar-refractivity contribution in [2.24, 2.45) is 11.8 Å². The van der Waals surface area contributed by atoms with Crippen molar-refractivity contribution in [3.63, 3.8) is 0 Å². The van der Waals surface area contributed by atoms with E-state index in [1.54, 1.807) is 6.92 Å². The third kappa shape index (κ3) is 5.02. The fraction of sp³-hybridized carbons (Fsp3) is 0.800. The van der Waals surface area contributed by atoms with E-state index in [2.05, 4.69) is 0 Å². The second kappa shape index (κ2) is 8.64. The highest BCUT2D eigenvalue weighted by atomic mass is 16.5. The van der Waals surface area contributed by atoms with Crippen molar-refractivity contribution < 1.29 is 24.2 Å². The molecule has 1 fully saturated rings. The third-order valence-corrected chi connectivity index (χ3v) is 3.83. The fourth-order valence-electron chi connectivity index (χ4n) is 2.86. The Balaban J connectivity index is 2.77. The maximum Gasteiger partial charge on any atom is 0.325 e. The second-order valence-corrected chi connectivity index (χ2v) is 5.40. The maximum absolute atomic E-state index is 12.6. The van der Waals surface area contributed by atoms with Gasteiger partial charge in [0.1, 0.15) is 6.54 Å². The lowest BCUT2D eigenvalue weighted by molar-refractivity contribution is -0.155. The summed E-state index contributed by atoms with van der Waals surface area (Å²) in [4.78, 5) is 37.0. The van der Waals surface area contributed by atoms with Crippen LogP contribution in [-0.4, -0.2) is 47.5 Å². The molecule has 0 aromatic heterocycles. The van der Waals surface area contributed by atoms with Crippen LogP contribution in [0.2, 0.25) is 0 Å². The van der Waals surface area contributed by atoms with E-state index in [-0.39, 0.29) is 19.1 Å². The molecule has 0 aromatic rings. The summed E-state index contributed by atoms with van der Waals surface area (Å²) in [6.45, 7) is 4.25. The van der Waals surface area contributed by atoms with Crippen LogP contribution in [0.5, 0.6) is 0 Å². The van der Waals surface area contributed by atoms with Gasteiger partial charge >= 0.3 is 11.9 Å². The van der Waals surface area contributed by atoms with Gasteiger partial charge in [-0.2, -0.15) is 0 Å². The Kier molecular flexibility index (Phi) is 7.19. The highest BCUT2D eigenvalue weighted by molar-refractivity contribution is 5.87. The number of ether oxygens (including phenoxy) is 1. The van der Waals surface area contributed by atoms with Crippen LogP contribution in [0.4, 0.5) is 0 Å². The summed E-state index contributed by atoms with van der Waals surface area (Å²) in [7, 11) is 0. The normalized spacial score (nSPS) is 21.6. The molecule has 1 aliphatic carbocycles. The lowest BCUT2D eigenvalue weighted by atomic mass is 9.78. The van der Waals surface area contributed by atoms with Crippen molar-refractivity contribution in [2.75, 3.05) is 19.7 Å². The zero-order valence-electron chi connectivity index (χ0n) is 12.8. The predicted molar refractivity (Wildman–Crippen MR) is 76.6 cm³/mol. The molecule has 6 heteroatoms. The largest absolute Gasteiger partial charge is 0.481 e. The Morgan fingerprint density at radius 1 is 1.14 bits per heavy atom. The quantitative estimate of drug-likeness (QED) is 0.723. The minimum absolute atomic E-state index is 0.0939. The van der Waals surface area contributed by atoms with Crippen LogP contribution >= 0.6 is 0 Å². The van der Waals surface area contributed by atoms with Gasteiger partial charge in [-0.25, -0.2) is 0 Å². The zero-order chi connectivity index (χ0) is 15.8. The number of nitrogens with zero attached hydrogens (tertiary/aromatic N) is 1. The molecule has 21 heavy (non-hydrogen) atoms. The first-order valence-electron chi connectivity index (χ1n) is 7.68. The molecule has 0 spiro atoms.